The third kappa shape index (κ3) is 2.33. The molecule has 0 saturated carbocycles. The maximum Gasteiger partial charge on any atom is 0.272 e. The average molecular weight is 337 g/mol. The van der Waals surface area contributed by atoms with Crippen molar-refractivity contribution in [3.8, 4) is 6.07 Å². The van der Waals surface area contributed by atoms with Crippen LogP contribution in [-0.2, 0) is 5.75 Å². The van der Waals surface area contributed by atoms with Crippen LogP contribution in [0.3, 0.4) is 0 Å². The summed E-state index contributed by atoms with van der Waals surface area (Å²) >= 11 is 1.43. The summed E-state index contributed by atoms with van der Waals surface area (Å²) in [7, 11) is 0. The molecule has 0 spiro atoms. The van der Waals surface area contributed by atoms with Gasteiger partial charge in [0.05, 0.1) is 11.2 Å². The van der Waals surface area contributed by atoms with E-state index < -0.39 is 0 Å². The van der Waals surface area contributed by atoms with Crippen LogP contribution in [0.15, 0.2) is 34.5 Å². The van der Waals surface area contributed by atoms with Gasteiger partial charge in [0.1, 0.15) is 11.6 Å². The van der Waals surface area contributed by atoms with Crippen LogP contribution in [0, 0.1) is 18.3 Å². The van der Waals surface area contributed by atoms with Gasteiger partial charge in [0, 0.05) is 24.2 Å². The Morgan fingerprint density at radius 2 is 2.29 bits per heavy atom. The van der Waals surface area contributed by atoms with Crippen molar-refractivity contribution in [2.75, 3.05) is 0 Å². The fraction of sp³-hybridized carbons (Fsp3) is 0.133. The first-order valence-corrected chi connectivity index (χ1v) is 8.08. The van der Waals surface area contributed by atoms with Gasteiger partial charge >= 0.3 is 0 Å². The first-order valence-electron chi connectivity index (χ1n) is 7.10. The predicted molar refractivity (Wildman–Crippen MR) is 88.7 cm³/mol. The maximum atomic E-state index is 12.1. The summed E-state index contributed by atoms with van der Waals surface area (Å²) in [5, 5.41) is 12.5. The van der Waals surface area contributed by atoms with E-state index in [-0.39, 0.29) is 5.56 Å². The molecule has 9 heteroatoms. The molecule has 0 aromatic carbocycles. The van der Waals surface area contributed by atoms with Crippen LogP contribution < -0.4 is 5.56 Å². The predicted octanol–water partition coefficient (Wildman–Crippen LogP) is 1.77. The van der Waals surface area contributed by atoms with Gasteiger partial charge in [-0.2, -0.15) is 5.26 Å². The topological polar surface area (TPSA) is 116 Å². The normalized spacial score (nSPS) is 11.2. The zero-order chi connectivity index (χ0) is 16.7. The Bertz CT molecular complexity index is 1160. The second-order valence-electron chi connectivity index (χ2n) is 5.20. The molecule has 2 N–H and O–H groups in total. The molecular weight excluding hydrogens is 326 g/mol. The summed E-state index contributed by atoms with van der Waals surface area (Å²) in [6.45, 7) is 1.99. The summed E-state index contributed by atoms with van der Waals surface area (Å²) < 4.78 is 1.25. The number of aryl methyl sites for hydroxylation is 1. The number of aromatic nitrogens is 6. The van der Waals surface area contributed by atoms with Crippen molar-refractivity contribution in [1.82, 2.24) is 29.5 Å². The third-order valence-electron chi connectivity index (χ3n) is 3.61. The van der Waals surface area contributed by atoms with Crippen LogP contribution in [0.4, 0.5) is 0 Å². The van der Waals surface area contributed by atoms with Crippen LogP contribution >= 0.6 is 11.8 Å². The molecule has 0 atom stereocenters. The van der Waals surface area contributed by atoms with Gasteiger partial charge in [0.15, 0.2) is 16.5 Å². The molecule has 118 valence electrons. The van der Waals surface area contributed by atoms with Gasteiger partial charge in [-0.25, -0.2) is 19.5 Å². The van der Waals surface area contributed by atoms with Gasteiger partial charge in [-0.3, -0.25) is 9.89 Å². The molecule has 0 aliphatic carbocycles. The minimum Gasteiger partial charge on any atom is -0.331 e. The van der Waals surface area contributed by atoms with Crippen LogP contribution in [-0.4, -0.2) is 29.5 Å². The van der Waals surface area contributed by atoms with Crippen LogP contribution in [0.2, 0.25) is 0 Å². The highest BCUT2D eigenvalue weighted by Gasteiger charge is 2.11. The molecule has 0 saturated heterocycles. The number of nitrogens with zero attached hydrogens (tertiary/aromatic N) is 5. The zero-order valence-corrected chi connectivity index (χ0v) is 13.4. The van der Waals surface area contributed by atoms with Crippen LogP contribution in [0.25, 0.3) is 16.8 Å². The van der Waals surface area contributed by atoms with Crippen molar-refractivity contribution in [2.45, 2.75) is 17.8 Å². The number of nitrogens with one attached hydrogen (secondary N) is 2. The van der Waals surface area contributed by atoms with Gasteiger partial charge in [-0.05, 0) is 18.6 Å². The summed E-state index contributed by atoms with van der Waals surface area (Å²) in [6, 6.07) is 5.38. The zero-order valence-electron chi connectivity index (χ0n) is 12.6. The number of nitriles is 1. The summed E-state index contributed by atoms with van der Waals surface area (Å²) in [6.07, 6.45) is 3.19. The van der Waals surface area contributed by atoms with Crippen molar-refractivity contribution >= 4 is 28.6 Å². The Hall–Kier alpha value is -3.12. The number of H-pyrrole nitrogens is 2. The third-order valence-corrected chi connectivity index (χ3v) is 4.51. The number of aromatic amines is 2. The van der Waals surface area contributed by atoms with E-state index in [9.17, 15) is 4.79 Å². The molecule has 4 rings (SSSR count). The molecule has 4 aromatic rings. The smallest absolute Gasteiger partial charge is 0.272 e. The van der Waals surface area contributed by atoms with E-state index in [4.69, 9.17) is 5.26 Å². The van der Waals surface area contributed by atoms with Crippen molar-refractivity contribution < 1.29 is 0 Å². The summed E-state index contributed by atoms with van der Waals surface area (Å²) in [4.78, 5) is 28.3. The summed E-state index contributed by atoms with van der Waals surface area (Å²) in [5.41, 5.74) is 3.65. The number of thioether (sulfide) groups is 1. The van der Waals surface area contributed by atoms with Crippen molar-refractivity contribution in [2.24, 2.45) is 0 Å². The fourth-order valence-electron chi connectivity index (χ4n) is 2.41. The van der Waals surface area contributed by atoms with E-state index in [1.54, 1.807) is 6.20 Å². The molecule has 0 fully saturated rings. The monoisotopic (exact) mass is 337 g/mol. The lowest BCUT2D eigenvalue weighted by molar-refractivity contribution is 0.887. The Kier molecular flexibility index (Phi) is 3.32. The second kappa shape index (κ2) is 5.50. The quantitative estimate of drug-likeness (QED) is 0.550. The molecule has 0 unspecified atom stereocenters. The molecule has 24 heavy (non-hydrogen) atoms. The number of rotatable bonds is 3. The first-order chi connectivity index (χ1) is 11.7. The molecule has 4 aromatic heterocycles. The van der Waals surface area contributed by atoms with Crippen molar-refractivity contribution in [3.63, 3.8) is 0 Å². The van der Waals surface area contributed by atoms with Crippen molar-refractivity contribution in [3.05, 3.63) is 51.7 Å². The average Bonchev–Trinajstić information content (AvgIpc) is 3.17. The Morgan fingerprint density at radius 3 is 3.08 bits per heavy atom. The van der Waals surface area contributed by atoms with E-state index >= 15 is 0 Å². The van der Waals surface area contributed by atoms with E-state index in [1.165, 1.54) is 28.5 Å². The minimum absolute atomic E-state index is 0.251. The number of hydrogen-bond acceptors (Lipinski definition) is 6. The van der Waals surface area contributed by atoms with Gasteiger partial charge in [0.2, 0.25) is 0 Å². The molecule has 0 amide bonds. The lowest BCUT2D eigenvalue weighted by Crippen LogP contribution is -2.15. The molecule has 0 aliphatic rings. The Labute approximate surface area is 139 Å². The van der Waals surface area contributed by atoms with Crippen LogP contribution in [0.1, 0.15) is 16.8 Å². The van der Waals surface area contributed by atoms with E-state index in [0.717, 1.165) is 11.1 Å². The number of imidazole rings is 1. The SMILES string of the molecule is Cc1ccnc2nc(SCc3cc(=O)n4[nH]cc(C#N)c4n3)[nH]c12. The number of fused-ring (bicyclic) bond motifs is 2. The van der Waals surface area contributed by atoms with Gasteiger partial charge in [-0.15, -0.1) is 0 Å². The standard InChI is InChI=1S/C15H11N7OS/c1-8-2-3-17-13-12(8)20-15(21-13)24-7-10-4-11(23)22-14(19-10)9(5-16)6-18-22/h2-4,6,18H,7H2,1H3,(H,17,20,21). The molecule has 0 bridgehead atoms. The van der Waals surface area contributed by atoms with Gasteiger partial charge in [0.25, 0.3) is 5.56 Å². The molecule has 0 aliphatic heterocycles. The highest BCUT2D eigenvalue weighted by molar-refractivity contribution is 7.98. The van der Waals surface area contributed by atoms with E-state index in [2.05, 4.69) is 25.0 Å². The number of pyridine rings is 1. The molecule has 8 nitrogen and oxygen atoms in total. The van der Waals surface area contributed by atoms with E-state index in [1.807, 2.05) is 19.1 Å². The van der Waals surface area contributed by atoms with Crippen LogP contribution in [0.5, 0.6) is 0 Å². The molecule has 0 radical (unpaired) electrons. The first kappa shape index (κ1) is 14.5. The number of hydrogen-bond donors (Lipinski definition) is 2. The lowest BCUT2D eigenvalue weighted by Gasteiger charge is -1.99. The minimum atomic E-state index is -0.251. The highest BCUT2D eigenvalue weighted by atomic mass is 32.2. The summed E-state index contributed by atoms with van der Waals surface area (Å²) in [5.74, 6) is 0.459. The maximum absolute atomic E-state index is 12.1. The Morgan fingerprint density at radius 1 is 1.42 bits per heavy atom. The van der Waals surface area contributed by atoms with Gasteiger partial charge in [-0.1, -0.05) is 11.8 Å². The molecular formula is C15H11N7OS. The molecule has 4 heterocycles. The van der Waals surface area contributed by atoms with Gasteiger partial charge < -0.3 is 4.98 Å². The Balaban J connectivity index is 1.65. The fourth-order valence-corrected chi connectivity index (χ4v) is 3.17. The lowest BCUT2D eigenvalue weighted by atomic mass is 10.3. The largest absolute Gasteiger partial charge is 0.331 e. The van der Waals surface area contributed by atoms with E-state index in [0.29, 0.717) is 33.5 Å². The van der Waals surface area contributed by atoms with Crippen molar-refractivity contribution in [1.29, 1.82) is 5.26 Å². The second-order valence-corrected chi connectivity index (χ2v) is 6.16. The highest BCUT2D eigenvalue weighted by Crippen LogP contribution is 2.23.